The van der Waals surface area contributed by atoms with Crippen LogP contribution in [0.15, 0.2) is 46.9 Å². The molecule has 0 spiro atoms. The molecule has 2 aromatic rings. The average Bonchev–Trinajstić information content (AvgIpc) is 3.26. The molecule has 1 heterocycles. The summed E-state index contributed by atoms with van der Waals surface area (Å²) in [4.78, 5) is 23.4. The van der Waals surface area contributed by atoms with Gasteiger partial charge in [-0.25, -0.2) is 0 Å². The molecule has 1 aliphatic rings. The minimum Gasteiger partial charge on any atom is -0.456 e. The summed E-state index contributed by atoms with van der Waals surface area (Å²) < 4.78 is 10.3. The van der Waals surface area contributed by atoms with Gasteiger partial charge in [-0.05, 0) is 30.9 Å². The van der Waals surface area contributed by atoms with Crippen LogP contribution in [0.3, 0.4) is 0 Å². The number of esters is 1. The largest absolute Gasteiger partial charge is 0.456 e. The molecule has 0 fully saturated rings. The third kappa shape index (κ3) is 4.28. The van der Waals surface area contributed by atoms with Crippen LogP contribution in [-0.2, 0) is 14.3 Å². The third-order valence-corrected chi connectivity index (χ3v) is 3.60. The first-order valence-electron chi connectivity index (χ1n) is 7.72. The van der Waals surface area contributed by atoms with Crippen LogP contribution in [0.1, 0.15) is 19.3 Å². The summed E-state index contributed by atoms with van der Waals surface area (Å²) in [6.07, 6.45) is 6.28. The molecule has 7 heteroatoms. The third-order valence-electron chi connectivity index (χ3n) is 3.60. The highest BCUT2D eigenvalue weighted by molar-refractivity contribution is 5.91. The minimum absolute atomic E-state index is 0.0337. The maximum absolute atomic E-state index is 11.8. The average molecular weight is 327 g/mol. The maximum atomic E-state index is 11.8. The van der Waals surface area contributed by atoms with Crippen molar-refractivity contribution >= 4 is 17.9 Å². The number of allylic oxidation sites excluding steroid dienone is 2. The molecule has 1 N–H and O–H groups in total. The van der Waals surface area contributed by atoms with E-state index in [9.17, 15) is 9.59 Å². The fourth-order valence-electron chi connectivity index (χ4n) is 2.41. The molecule has 7 nitrogen and oxygen atoms in total. The van der Waals surface area contributed by atoms with E-state index in [1.165, 1.54) is 0 Å². The van der Waals surface area contributed by atoms with Crippen LogP contribution < -0.4 is 5.32 Å². The molecule has 1 aliphatic carbocycles. The number of hydrogen-bond donors (Lipinski definition) is 1. The van der Waals surface area contributed by atoms with Crippen LogP contribution in [0.25, 0.3) is 11.5 Å². The van der Waals surface area contributed by atoms with Crippen molar-refractivity contribution in [2.45, 2.75) is 19.3 Å². The van der Waals surface area contributed by atoms with E-state index in [1.807, 2.05) is 42.5 Å². The van der Waals surface area contributed by atoms with Gasteiger partial charge in [-0.1, -0.05) is 35.4 Å². The number of amides is 1. The van der Waals surface area contributed by atoms with E-state index in [0.717, 1.165) is 18.4 Å². The van der Waals surface area contributed by atoms with Crippen LogP contribution in [0, 0.1) is 5.92 Å². The van der Waals surface area contributed by atoms with Crippen molar-refractivity contribution in [3.05, 3.63) is 42.5 Å². The van der Waals surface area contributed by atoms with Crippen LogP contribution in [0.2, 0.25) is 0 Å². The summed E-state index contributed by atoms with van der Waals surface area (Å²) in [5.41, 5.74) is 0.751. The molecule has 1 aromatic heterocycles. The SMILES string of the molecule is O=C(COC(=O)C[C@H]1C=CCC1)Nc1nnc(-c2ccccc2)o1. The van der Waals surface area contributed by atoms with Gasteiger partial charge in [0.25, 0.3) is 5.91 Å². The molecule has 0 saturated heterocycles. The summed E-state index contributed by atoms with van der Waals surface area (Å²) in [5, 5.41) is 10.0. The Bertz CT molecular complexity index is 739. The fraction of sp³-hybridized carbons (Fsp3) is 0.294. The number of anilines is 1. The molecular formula is C17H17N3O4. The number of nitrogens with zero attached hydrogens (tertiary/aromatic N) is 2. The number of ether oxygens (including phenoxy) is 1. The lowest BCUT2D eigenvalue weighted by molar-refractivity contribution is -0.148. The van der Waals surface area contributed by atoms with Crippen LogP contribution in [0.4, 0.5) is 6.01 Å². The van der Waals surface area contributed by atoms with Crippen molar-refractivity contribution in [2.24, 2.45) is 5.92 Å². The Morgan fingerprint density at radius 2 is 2.08 bits per heavy atom. The standard InChI is InChI=1S/C17H17N3O4/c21-14(11-23-15(22)10-12-6-4-5-7-12)18-17-20-19-16(24-17)13-8-2-1-3-9-13/h1-4,6,8-9,12H,5,7,10-11H2,(H,18,20,21)/t12-/m0/s1. The molecule has 0 bridgehead atoms. The Morgan fingerprint density at radius 1 is 1.25 bits per heavy atom. The van der Waals surface area contributed by atoms with E-state index in [2.05, 4.69) is 15.5 Å². The summed E-state index contributed by atoms with van der Waals surface area (Å²) in [6, 6.07) is 9.16. The summed E-state index contributed by atoms with van der Waals surface area (Å²) >= 11 is 0. The second kappa shape index (κ2) is 7.54. The number of nitrogens with one attached hydrogen (secondary N) is 1. The van der Waals surface area contributed by atoms with Gasteiger partial charge in [0, 0.05) is 5.56 Å². The van der Waals surface area contributed by atoms with Crippen molar-refractivity contribution in [2.75, 3.05) is 11.9 Å². The van der Waals surface area contributed by atoms with Gasteiger partial charge in [-0.3, -0.25) is 14.9 Å². The molecule has 124 valence electrons. The van der Waals surface area contributed by atoms with E-state index in [0.29, 0.717) is 12.3 Å². The number of benzene rings is 1. The van der Waals surface area contributed by atoms with Gasteiger partial charge in [0.05, 0.1) is 6.42 Å². The van der Waals surface area contributed by atoms with Gasteiger partial charge < -0.3 is 9.15 Å². The highest BCUT2D eigenvalue weighted by atomic mass is 16.5. The van der Waals surface area contributed by atoms with Gasteiger partial charge in [0.15, 0.2) is 6.61 Å². The highest BCUT2D eigenvalue weighted by Gasteiger charge is 2.17. The summed E-state index contributed by atoms with van der Waals surface area (Å²) in [7, 11) is 0. The lowest BCUT2D eigenvalue weighted by Gasteiger charge is -2.07. The summed E-state index contributed by atoms with van der Waals surface area (Å²) in [5.74, 6) is -0.397. The number of hydrogen-bond acceptors (Lipinski definition) is 6. The van der Waals surface area contributed by atoms with Crippen molar-refractivity contribution < 1.29 is 18.7 Å². The zero-order valence-corrected chi connectivity index (χ0v) is 13.0. The number of carbonyl (C=O) groups excluding carboxylic acids is 2. The Balaban J connectivity index is 1.46. The van der Waals surface area contributed by atoms with Gasteiger partial charge in [0.1, 0.15) is 0 Å². The molecule has 1 aromatic carbocycles. The Labute approximate surface area is 138 Å². The number of carbonyl (C=O) groups is 2. The van der Waals surface area contributed by atoms with Gasteiger partial charge in [-0.15, -0.1) is 5.10 Å². The predicted molar refractivity (Wildman–Crippen MR) is 85.8 cm³/mol. The van der Waals surface area contributed by atoms with Crippen molar-refractivity contribution in [1.82, 2.24) is 10.2 Å². The zero-order valence-electron chi connectivity index (χ0n) is 13.0. The van der Waals surface area contributed by atoms with Crippen molar-refractivity contribution in [3.8, 4) is 11.5 Å². The van der Waals surface area contributed by atoms with Crippen LogP contribution >= 0.6 is 0 Å². The highest BCUT2D eigenvalue weighted by Crippen LogP contribution is 2.21. The van der Waals surface area contributed by atoms with E-state index in [4.69, 9.17) is 9.15 Å². The van der Waals surface area contributed by atoms with Crippen molar-refractivity contribution in [1.29, 1.82) is 0 Å². The molecule has 0 radical (unpaired) electrons. The molecule has 24 heavy (non-hydrogen) atoms. The maximum Gasteiger partial charge on any atom is 0.322 e. The van der Waals surface area contributed by atoms with E-state index < -0.39 is 11.9 Å². The molecule has 0 saturated carbocycles. The normalized spacial score (nSPS) is 16.1. The Morgan fingerprint density at radius 3 is 2.83 bits per heavy atom. The van der Waals surface area contributed by atoms with Crippen molar-refractivity contribution in [3.63, 3.8) is 0 Å². The predicted octanol–water partition coefficient (Wildman–Crippen LogP) is 2.57. The lowest BCUT2D eigenvalue weighted by atomic mass is 10.1. The molecular weight excluding hydrogens is 310 g/mol. The van der Waals surface area contributed by atoms with Gasteiger partial charge in [0.2, 0.25) is 5.89 Å². The molecule has 1 amide bonds. The van der Waals surface area contributed by atoms with Gasteiger partial charge >= 0.3 is 12.0 Å². The quantitative estimate of drug-likeness (QED) is 0.647. The zero-order chi connectivity index (χ0) is 16.8. The first kappa shape index (κ1) is 15.9. The second-order valence-corrected chi connectivity index (χ2v) is 5.46. The van der Waals surface area contributed by atoms with E-state index in [-0.39, 0.29) is 18.5 Å². The second-order valence-electron chi connectivity index (χ2n) is 5.46. The fourth-order valence-corrected chi connectivity index (χ4v) is 2.41. The molecule has 3 rings (SSSR count). The minimum atomic E-state index is -0.520. The van der Waals surface area contributed by atoms with Crippen LogP contribution in [0.5, 0.6) is 0 Å². The number of aromatic nitrogens is 2. The summed E-state index contributed by atoms with van der Waals surface area (Å²) in [6.45, 7) is -0.377. The van der Waals surface area contributed by atoms with E-state index >= 15 is 0 Å². The molecule has 1 atom stereocenters. The first-order chi connectivity index (χ1) is 11.7. The van der Waals surface area contributed by atoms with Gasteiger partial charge in [-0.2, -0.15) is 0 Å². The molecule has 0 unspecified atom stereocenters. The Hall–Kier alpha value is -2.96. The smallest absolute Gasteiger partial charge is 0.322 e. The number of rotatable bonds is 6. The van der Waals surface area contributed by atoms with Crippen LogP contribution in [-0.4, -0.2) is 28.7 Å². The molecule has 0 aliphatic heterocycles. The topological polar surface area (TPSA) is 94.3 Å². The Kier molecular flexibility index (Phi) is 5.00. The van der Waals surface area contributed by atoms with E-state index in [1.54, 1.807) is 0 Å². The first-order valence-corrected chi connectivity index (χ1v) is 7.72. The lowest BCUT2D eigenvalue weighted by Crippen LogP contribution is -2.21. The monoisotopic (exact) mass is 327 g/mol.